The van der Waals surface area contributed by atoms with E-state index in [-0.39, 0.29) is 48.1 Å². The fourth-order valence-corrected chi connectivity index (χ4v) is 6.20. The van der Waals surface area contributed by atoms with Gasteiger partial charge < -0.3 is 10.4 Å². The average Bonchev–Trinajstić information content (AvgIpc) is 3.42. The standard InChI is InChI=1S/C24H22Cl2F3N7O4S/c25-16-7-5-15(6-8-16)21-33-35(23(38)34(21)10-19(37)24(27,28)29)11-20-31-22(30-9-14-12-41(39,40)13-14)36(32-20)18-4-2-1-3-17(18)26/h1-8,14,19,37H,9-13H2,(H,30,31,32)/t19-/m0/s1. The highest BCUT2D eigenvalue weighted by atomic mass is 35.5. The van der Waals surface area contributed by atoms with Crippen molar-refractivity contribution in [2.24, 2.45) is 5.92 Å². The number of hydrogen-bond donors (Lipinski definition) is 2. The monoisotopic (exact) mass is 631 g/mol. The van der Waals surface area contributed by atoms with Gasteiger partial charge in [0.2, 0.25) is 5.95 Å². The van der Waals surface area contributed by atoms with Crippen molar-refractivity contribution in [3.8, 4) is 17.1 Å². The van der Waals surface area contributed by atoms with Crippen LogP contribution in [0.2, 0.25) is 10.0 Å². The first kappa shape index (κ1) is 29.1. The number of rotatable bonds is 9. The van der Waals surface area contributed by atoms with E-state index < -0.39 is 34.4 Å². The van der Waals surface area contributed by atoms with Crippen LogP contribution in [-0.2, 0) is 22.9 Å². The van der Waals surface area contributed by atoms with Gasteiger partial charge in [0.15, 0.2) is 27.6 Å². The summed E-state index contributed by atoms with van der Waals surface area (Å²) in [5.74, 6) is 0.119. The molecule has 11 nitrogen and oxygen atoms in total. The van der Waals surface area contributed by atoms with Crippen LogP contribution in [0.5, 0.6) is 0 Å². The molecule has 0 aliphatic carbocycles. The zero-order valence-corrected chi connectivity index (χ0v) is 23.3. The van der Waals surface area contributed by atoms with Crippen molar-refractivity contribution in [2.45, 2.75) is 25.4 Å². The Morgan fingerprint density at radius 1 is 1.07 bits per heavy atom. The summed E-state index contributed by atoms with van der Waals surface area (Å²) in [5, 5.41) is 22.1. The minimum atomic E-state index is -4.96. The molecule has 0 bridgehead atoms. The summed E-state index contributed by atoms with van der Waals surface area (Å²) in [4.78, 5) is 17.7. The van der Waals surface area contributed by atoms with Crippen LogP contribution in [0, 0.1) is 5.92 Å². The molecular formula is C24H22Cl2F3N7O4S. The van der Waals surface area contributed by atoms with Gasteiger partial charge in [0.1, 0.15) is 6.54 Å². The Bertz CT molecular complexity index is 1720. The van der Waals surface area contributed by atoms with Crippen LogP contribution >= 0.6 is 23.2 Å². The third-order valence-electron chi connectivity index (χ3n) is 6.31. The smallest absolute Gasteiger partial charge is 0.382 e. The average molecular weight is 632 g/mol. The SMILES string of the molecule is O=c1n(Cc2nc(NCC3CS(=O)(=O)C3)n(-c3ccccc3Cl)n2)nc(-c2ccc(Cl)cc2)n1C[C@H](O)C(F)(F)F. The maximum Gasteiger partial charge on any atom is 0.416 e. The van der Waals surface area contributed by atoms with Crippen LogP contribution in [0.1, 0.15) is 5.82 Å². The Kier molecular flexibility index (Phi) is 7.89. The zero-order valence-electron chi connectivity index (χ0n) is 21.0. The summed E-state index contributed by atoms with van der Waals surface area (Å²) in [6.07, 6.45) is -7.78. The van der Waals surface area contributed by atoms with Gasteiger partial charge in [-0.15, -0.1) is 10.2 Å². The van der Waals surface area contributed by atoms with E-state index in [4.69, 9.17) is 23.2 Å². The van der Waals surface area contributed by atoms with Gasteiger partial charge >= 0.3 is 11.9 Å². The van der Waals surface area contributed by atoms with Gasteiger partial charge in [-0.1, -0.05) is 35.3 Å². The fraction of sp³-hybridized carbons (Fsp3) is 0.333. The lowest BCUT2D eigenvalue weighted by Gasteiger charge is -2.25. The van der Waals surface area contributed by atoms with Crippen molar-refractivity contribution in [1.82, 2.24) is 29.1 Å². The summed E-state index contributed by atoms with van der Waals surface area (Å²) >= 11 is 12.3. The molecule has 5 rings (SSSR count). The van der Waals surface area contributed by atoms with E-state index in [0.29, 0.717) is 21.3 Å². The molecule has 2 N–H and O–H groups in total. The zero-order chi connectivity index (χ0) is 29.5. The van der Waals surface area contributed by atoms with E-state index in [9.17, 15) is 31.5 Å². The second kappa shape index (κ2) is 11.1. The molecule has 0 radical (unpaired) electrons. The largest absolute Gasteiger partial charge is 0.416 e. The van der Waals surface area contributed by atoms with Crippen molar-refractivity contribution in [2.75, 3.05) is 23.4 Å². The fourth-order valence-electron chi connectivity index (χ4n) is 4.28. The molecule has 1 aliphatic heterocycles. The molecule has 2 aromatic heterocycles. The number of benzene rings is 2. The topological polar surface area (TPSA) is 137 Å². The lowest BCUT2D eigenvalue weighted by molar-refractivity contribution is -0.207. The molecule has 41 heavy (non-hydrogen) atoms. The number of anilines is 1. The number of halogens is 5. The Morgan fingerprint density at radius 2 is 1.76 bits per heavy atom. The van der Waals surface area contributed by atoms with Crippen LogP contribution in [0.15, 0.2) is 53.3 Å². The van der Waals surface area contributed by atoms with Crippen LogP contribution < -0.4 is 11.0 Å². The summed E-state index contributed by atoms with van der Waals surface area (Å²) in [6.45, 7) is -1.14. The van der Waals surface area contributed by atoms with Gasteiger partial charge in [-0.05, 0) is 36.4 Å². The molecule has 17 heteroatoms. The number of aliphatic hydroxyl groups is 1. The van der Waals surface area contributed by atoms with Gasteiger partial charge in [-0.25, -0.2) is 17.9 Å². The first-order valence-electron chi connectivity index (χ1n) is 12.1. The summed E-state index contributed by atoms with van der Waals surface area (Å²) < 4.78 is 65.6. The minimum absolute atomic E-state index is 0.0389. The number of nitrogens with one attached hydrogen (secondary N) is 1. The van der Waals surface area contributed by atoms with Gasteiger partial charge in [0.25, 0.3) is 0 Å². The predicted molar refractivity (Wildman–Crippen MR) is 145 cm³/mol. The molecule has 4 aromatic rings. The lowest BCUT2D eigenvalue weighted by atomic mass is 10.2. The number of aliphatic hydroxyl groups excluding tert-OH is 1. The number of para-hydroxylation sites is 1. The third-order valence-corrected chi connectivity index (χ3v) is 8.84. The van der Waals surface area contributed by atoms with Crippen LogP contribution in [-0.4, -0.2) is 73.0 Å². The quantitative estimate of drug-likeness (QED) is 0.288. The number of alkyl halides is 3. The molecule has 1 atom stereocenters. The highest BCUT2D eigenvalue weighted by Gasteiger charge is 2.39. The molecule has 1 fully saturated rings. The van der Waals surface area contributed by atoms with Crippen LogP contribution in [0.4, 0.5) is 19.1 Å². The molecular weight excluding hydrogens is 610 g/mol. The molecule has 0 saturated carbocycles. The molecule has 1 aliphatic rings. The molecule has 218 valence electrons. The first-order chi connectivity index (χ1) is 19.3. The maximum atomic E-state index is 13.2. The molecule has 2 aromatic carbocycles. The number of sulfone groups is 1. The van der Waals surface area contributed by atoms with Crippen LogP contribution in [0.25, 0.3) is 17.1 Å². The molecule has 0 unspecified atom stereocenters. The van der Waals surface area contributed by atoms with Crippen molar-refractivity contribution < 1.29 is 26.7 Å². The summed E-state index contributed by atoms with van der Waals surface area (Å²) in [6, 6.07) is 12.7. The Labute approximate surface area is 241 Å². The van der Waals surface area contributed by atoms with Crippen molar-refractivity contribution in [3.05, 3.63) is 74.9 Å². The molecule has 3 heterocycles. The van der Waals surface area contributed by atoms with E-state index in [1.807, 2.05) is 0 Å². The Hall–Kier alpha value is -3.40. The third kappa shape index (κ3) is 6.42. The van der Waals surface area contributed by atoms with E-state index in [1.165, 1.54) is 28.9 Å². The van der Waals surface area contributed by atoms with Gasteiger partial charge in [-0.2, -0.15) is 22.8 Å². The first-order valence-corrected chi connectivity index (χ1v) is 14.7. The second-order valence-electron chi connectivity index (χ2n) is 9.48. The van der Waals surface area contributed by atoms with Crippen molar-refractivity contribution in [3.63, 3.8) is 0 Å². The van der Waals surface area contributed by atoms with E-state index in [2.05, 4.69) is 20.5 Å². The van der Waals surface area contributed by atoms with E-state index >= 15 is 0 Å². The lowest BCUT2D eigenvalue weighted by Crippen LogP contribution is -2.40. The van der Waals surface area contributed by atoms with Gasteiger partial charge in [0.05, 0.1) is 28.8 Å². The maximum absolute atomic E-state index is 13.2. The second-order valence-corrected chi connectivity index (χ2v) is 12.5. The van der Waals surface area contributed by atoms with E-state index in [0.717, 1.165) is 9.25 Å². The Morgan fingerprint density at radius 3 is 2.39 bits per heavy atom. The van der Waals surface area contributed by atoms with Crippen LogP contribution in [0.3, 0.4) is 0 Å². The highest BCUT2D eigenvalue weighted by molar-refractivity contribution is 7.92. The summed E-state index contributed by atoms with van der Waals surface area (Å²) in [5.41, 5.74) is -0.182. The molecule has 0 amide bonds. The number of hydrogen-bond acceptors (Lipinski definition) is 8. The number of nitrogens with zero attached hydrogens (tertiary/aromatic N) is 6. The highest BCUT2D eigenvalue weighted by Crippen LogP contribution is 2.26. The molecule has 0 spiro atoms. The summed E-state index contributed by atoms with van der Waals surface area (Å²) in [7, 11) is -3.04. The van der Waals surface area contributed by atoms with Gasteiger partial charge in [-0.3, -0.25) is 4.57 Å². The normalized spacial score (nSPS) is 16.0. The molecule has 1 saturated heterocycles. The van der Waals surface area contributed by atoms with Crippen molar-refractivity contribution >= 4 is 39.0 Å². The number of aromatic nitrogens is 6. The Balaban J connectivity index is 1.50. The van der Waals surface area contributed by atoms with Crippen molar-refractivity contribution in [1.29, 1.82) is 0 Å². The van der Waals surface area contributed by atoms with Gasteiger partial charge in [0, 0.05) is 23.0 Å². The minimum Gasteiger partial charge on any atom is -0.382 e. The van der Waals surface area contributed by atoms with E-state index in [1.54, 1.807) is 24.3 Å². The predicted octanol–water partition coefficient (Wildman–Crippen LogP) is 3.03.